The van der Waals surface area contributed by atoms with Gasteiger partial charge in [-0.15, -0.1) is 0 Å². The van der Waals surface area contributed by atoms with Gasteiger partial charge in [0.1, 0.15) is 17.2 Å². The minimum atomic E-state index is -4.49. The van der Waals surface area contributed by atoms with E-state index in [1.165, 1.54) is 36.4 Å². The summed E-state index contributed by atoms with van der Waals surface area (Å²) in [7, 11) is 6.71. The van der Waals surface area contributed by atoms with Crippen LogP contribution >= 0.6 is 0 Å². The SMILES string of the molecule is COCCN(C)C1Cc2ccc(NC(=O)/C=C3\CCCOc4cc(C(F)(F)F)ccc43)cc2NC1=O.COCCN(CCOC)C1Cc2ccc(NC(=O)/C=C3\CCCOc4cc(C(F)(F)F)ccc43)cc2NC1=O.O=C(/C=C1\CCCOc2cc(C(F)(F)F)ccc21)Nc1ccc2c(c1)NC(=O)C(N1CCCC1)C2. The summed E-state index contributed by atoms with van der Waals surface area (Å²) in [6.45, 7) is 5.95. The number of amides is 6. The van der Waals surface area contributed by atoms with Gasteiger partial charge in [0.2, 0.25) is 35.4 Å². The Bertz CT molecular complexity index is 4470. The molecule has 0 spiro atoms. The maximum Gasteiger partial charge on any atom is 0.416 e. The van der Waals surface area contributed by atoms with Crippen molar-refractivity contribution in [2.45, 2.75) is 107 Å². The fraction of sp³-hybridized carbons (Fsp3) is 0.400. The van der Waals surface area contributed by atoms with Crippen LogP contribution in [0.1, 0.15) is 101 Å². The summed E-state index contributed by atoms with van der Waals surface area (Å²) in [4.78, 5) is 82.8. The van der Waals surface area contributed by atoms with E-state index in [-0.39, 0.29) is 72.9 Å². The molecule has 586 valence electrons. The van der Waals surface area contributed by atoms with E-state index in [2.05, 4.69) is 36.8 Å². The van der Waals surface area contributed by atoms with Crippen molar-refractivity contribution >= 4 is 86.3 Å². The number of likely N-dealkylation sites (N-methyl/N-ethyl adjacent to an activating group) is 1. The Balaban J connectivity index is 0.000000164. The van der Waals surface area contributed by atoms with Crippen molar-refractivity contribution in [1.82, 2.24) is 14.7 Å². The van der Waals surface area contributed by atoms with E-state index in [4.69, 9.17) is 28.4 Å². The largest absolute Gasteiger partial charge is 0.493 e. The zero-order valence-corrected chi connectivity index (χ0v) is 61.1. The highest BCUT2D eigenvalue weighted by Crippen LogP contribution is 2.43. The maximum atomic E-state index is 13.1. The van der Waals surface area contributed by atoms with E-state index < -0.39 is 52.9 Å². The number of hydrogen-bond donors (Lipinski definition) is 6. The predicted molar refractivity (Wildman–Crippen MR) is 397 cm³/mol. The number of hydrogen-bond acceptors (Lipinski definition) is 15. The van der Waals surface area contributed by atoms with Gasteiger partial charge in [-0.1, -0.05) is 36.4 Å². The van der Waals surface area contributed by atoms with Crippen LogP contribution in [0.2, 0.25) is 0 Å². The van der Waals surface area contributed by atoms with Crippen molar-refractivity contribution in [3.8, 4) is 17.2 Å². The third-order valence-electron chi connectivity index (χ3n) is 19.8. The van der Waals surface area contributed by atoms with E-state index >= 15 is 0 Å². The van der Waals surface area contributed by atoms with Crippen molar-refractivity contribution in [2.75, 3.05) is 133 Å². The Labute approximate surface area is 629 Å². The quantitative estimate of drug-likeness (QED) is 0.0346. The number of benzene rings is 6. The van der Waals surface area contributed by atoms with E-state index in [0.717, 1.165) is 79.0 Å². The predicted octanol–water partition coefficient (Wildman–Crippen LogP) is 13.6. The van der Waals surface area contributed by atoms with Crippen LogP contribution in [0.15, 0.2) is 127 Å². The smallest absolute Gasteiger partial charge is 0.416 e. The molecule has 7 aliphatic rings. The van der Waals surface area contributed by atoms with Crippen LogP contribution in [0.25, 0.3) is 16.7 Å². The van der Waals surface area contributed by atoms with Crippen molar-refractivity contribution in [2.24, 2.45) is 0 Å². The number of methoxy groups -OCH3 is 3. The normalized spacial score (nSPS) is 19.4. The van der Waals surface area contributed by atoms with Crippen LogP contribution < -0.4 is 46.1 Å². The lowest BCUT2D eigenvalue weighted by atomic mass is 9.97. The van der Waals surface area contributed by atoms with Crippen molar-refractivity contribution in [3.63, 3.8) is 0 Å². The van der Waals surface area contributed by atoms with Crippen molar-refractivity contribution < 1.29 is 96.7 Å². The number of alkyl halides is 9. The first-order chi connectivity index (χ1) is 52.6. The number of ether oxygens (including phenoxy) is 6. The molecule has 3 atom stereocenters. The molecule has 7 heterocycles. The Morgan fingerprint density at radius 1 is 0.464 bits per heavy atom. The molecule has 1 fully saturated rings. The number of carbonyl (C=O) groups excluding carboxylic acids is 6. The van der Waals surface area contributed by atoms with Gasteiger partial charge in [-0.05, 0) is 197 Å². The first-order valence-electron chi connectivity index (χ1n) is 36.2. The lowest BCUT2D eigenvalue weighted by molar-refractivity contribution is -0.138. The lowest BCUT2D eigenvalue weighted by Crippen LogP contribution is -2.50. The number of fused-ring (bicyclic) bond motifs is 6. The molecule has 3 unspecified atom stereocenters. The van der Waals surface area contributed by atoms with Gasteiger partial charge in [0.25, 0.3) is 0 Å². The third-order valence-corrected chi connectivity index (χ3v) is 19.8. The molecule has 6 amide bonds. The molecule has 1 saturated heterocycles. The highest BCUT2D eigenvalue weighted by atomic mass is 19.4. The number of likely N-dealkylation sites (tertiary alicyclic amines) is 1. The van der Waals surface area contributed by atoms with E-state index in [1.807, 2.05) is 35.0 Å². The maximum absolute atomic E-state index is 13.1. The van der Waals surface area contributed by atoms with E-state index in [9.17, 15) is 68.3 Å². The number of carbonyl (C=O) groups is 6. The van der Waals surface area contributed by atoms with Crippen LogP contribution in [-0.2, 0) is 80.8 Å². The van der Waals surface area contributed by atoms with Crippen molar-refractivity contribution in [3.05, 3.63) is 177 Å². The molecule has 21 nitrogen and oxygen atoms in total. The summed E-state index contributed by atoms with van der Waals surface area (Å²) < 4.78 is 150. The first kappa shape index (κ1) is 80.9. The molecule has 0 radical (unpaired) electrons. The van der Waals surface area contributed by atoms with E-state index in [0.29, 0.717) is 165 Å². The first-order valence-corrected chi connectivity index (χ1v) is 36.2. The highest BCUT2D eigenvalue weighted by molar-refractivity contribution is 6.08. The second kappa shape index (κ2) is 36.2. The minimum absolute atomic E-state index is 0.0294. The second-order valence-corrected chi connectivity index (χ2v) is 27.4. The van der Waals surface area contributed by atoms with Crippen LogP contribution in [0.4, 0.5) is 73.6 Å². The molecule has 6 N–H and O–H groups in total. The average Bonchev–Trinajstić information content (AvgIpc) is 1.24. The summed E-state index contributed by atoms with van der Waals surface area (Å²) in [6, 6.07) is 25.2. The monoisotopic (exact) mass is 1540 g/mol. The molecule has 0 aliphatic carbocycles. The average molecular weight is 1540 g/mol. The topological polar surface area (TPSA) is 240 Å². The summed E-state index contributed by atoms with van der Waals surface area (Å²) >= 11 is 0. The summed E-state index contributed by atoms with van der Waals surface area (Å²) in [5.41, 5.74) is 7.21. The number of rotatable bonds is 18. The zero-order chi connectivity index (χ0) is 78.4. The Kier molecular flexibility index (Phi) is 26.6. The molecule has 6 aromatic carbocycles. The summed E-state index contributed by atoms with van der Waals surface area (Å²) in [5, 5.41) is 17.2. The van der Waals surface area contributed by atoms with Gasteiger partial charge in [-0.3, -0.25) is 43.5 Å². The van der Waals surface area contributed by atoms with Crippen LogP contribution in [0.3, 0.4) is 0 Å². The summed E-state index contributed by atoms with van der Waals surface area (Å²) in [5.74, 6) is -1.20. The number of halogens is 9. The second-order valence-electron chi connectivity index (χ2n) is 27.4. The number of allylic oxidation sites excluding steroid dienone is 3. The molecular formula is C80H86F9N9O12. The molecule has 0 bridgehead atoms. The molecule has 30 heteroatoms. The van der Waals surface area contributed by atoms with Gasteiger partial charge in [-0.25, -0.2) is 0 Å². The fourth-order valence-electron chi connectivity index (χ4n) is 14.1. The molecule has 0 saturated carbocycles. The van der Waals surface area contributed by atoms with E-state index in [1.54, 1.807) is 57.7 Å². The van der Waals surface area contributed by atoms with Gasteiger partial charge in [0.05, 0.1) is 74.5 Å². The lowest BCUT2D eigenvalue weighted by Gasteiger charge is -2.34. The number of anilines is 6. The van der Waals surface area contributed by atoms with Gasteiger partial charge < -0.3 is 60.3 Å². The molecule has 13 rings (SSSR count). The highest BCUT2D eigenvalue weighted by Gasteiger charge is 2.38. The van der Waals surface area contributed by atoms with Gasteiger partial charge in [0, 0.05) is 110 Å². The van der Waals surface area contributed by atoms with Gasteiger partial charge >= 0.3 is 18.5 Å². The zero-order valence-electron chi connectivity index (χ0n) is 61.1. The third kappa shape index (κ3) is 20.9. The summed E-state index contributed by atoms with van der Waals surface area (Å²) in [6.07, 6.45) is -2.17. The molecular weight excluding hydrogens is 1450 g/mol. The molecule has 7 aliphatic heterocycles. The van der Waals surface area contributed by atoms with Crippen LogP contribution in [0, 0.1) is 0 Å². The number of nitrogens with one attached hydrogen (secondary N) is 6. The van der Waals surface area contributed by atoms with Gasteiger partial charge in [-0.2, -0.15) is 39.5 Å². The Morgan fingerprint density at radius 3 is 1.18 bits per heavy atom. The van der Waals surface area contributed by atoms with Crippen LogP contribution in [0.5, 0.6) is 17.2 Å². The molecule has 6 aromatic rings. The van der Waals surface area contributed by atoms with Gasteiger partial charge in [0.15, 0.2) is 0 Å². The molecule has 0 aromatic heterocycles. The van der Waals surface area contributed by atoms with Crippen LogP contribution in [-0.4, -0.2) is 169 Å². The standard InChI is InChI=1S/C28H32F3N3O5.C26H28F3N3O4.C26H26F3N3O3/c1-37-12-9-34(10-13-38-2)24-14-19-5-7-21(17-23(19)33-27(24)36)32-26(35)15-18-4-3-11-39-25-16-20(28(29,30)31)6-8-22(18)25;1-32(9-11-35-2)22-12-17-5-7-19(15-21(17)31-25(22)34)30-24(33)13-16-4-3-10-36-23-14-18(26(27,28)29)6-8-20(16)23;27-26(28,29)18-6-8-20-16(4-3-11-35-23(20)14-18)13-24(33)30-19-7-5-17-12-22(32-9-1-2-10-32)25(34)31-21(17)15-19/h5-8,15-17,24H,3-4,9-14H2,1-2H3,(H,32,35)(H,33,36);5-8,13-15,22H,3-4,9-12H2,1-2H3,(H,30,33)(H,31,34);5-8,13-15,22H,1-4,9-12H2,(H,30,33)(H,31,34)/b18-15+;2*16-13+. The Morgan fingerprint density at radius 2 is 0.809 bits per heavy atom. The minimum Gasteiger partial charge on any atom is -0.493 e. The van der Waals surface area contributed by atoms with Crippen molar-refractivity contribution in [1.29, 1.82) is 0 Å². The number of nitrogens with zero attached hydrogens (tertiary/aromatic N) is 3. The fourth-order valence-corrected chi connectivity index (χ4v) is 14.1. The molecule has 110 heavy (non-hydrogen) atoms. The Hall–Kier alpha value is -10.1.